The van der Waals surface area contributed by atoms with E-state index in [1.54, 1.807) is 7.11 Å². The fraction of sp³-hybridized carbons (Fsp3) is 0.538. The molecule has 0 radical (unpaired) electrons. The summed E-state index contributed by atoms with van der Waals surface area (Å²) >= 11 is 3.39. The van der Waals surface area contributed by atoms with E-state index in [2.05, 4.69) is 22.9 Å². The Morgan fingerprint density at radius 3 is 2.75 bits per heavy atom. The van der Waals surface area contributed by atoms with Gasteiger partial charge in [0.25, 0.3) is 0 Å². The lowest BCUT2D eigenvalue weighted by Gasteiger charge is -2.14. The van der Waals surface area contributed by atoms with Gasteiger partial charge in [0.1, 0.15) is 5.75 Å². The fourth-order valence-corrected chi connectivity index (χ4v) is 2.04. The van der Waals surface area contributed by atoms with Crippen LogP contribution in [0, 0.1) is 0 Å². The average molecular weight is 287 g/mol. The normalized spacial score (nSPS) is 12.5. The molecule has 0 aliphatic carbocycles. The van der Waals surface area contributed by atoms with Crippen LogP contribution in [0.15, 0.2) is 22.7 Å². The molecule has 0 saturated carbocycles. The molecule has 0 bridgehead atoms. The molecule has 2 nitrogen and oxygen atoms in total. The summed E-state index contributed by atoms with van der Waals surface area (Å²) in [6.45, 7) is 2.16. The maximum atomic E-state index is 10.1. The number of ether oxygens (including phenoxy) is 1. The Hall–Kier alpha value is -0.540. The highest BCUT2D eigenvalue weighted by atomic mass is 79.9. The smallest absolute Gasteiger partial charge is 0.125 e. The lowest BCUT2D eigenvalue weighted by atomic mass is 10.0. The van der Waals surface area contributed by atoms with Crippen LogP contribution >= 0.6 is 15.9 Å². The van der Waals surface area contributed by atoms with Crippen LogP contribution in [0.2, 0.25) is 0 Å². The summed E-state index contributed by atoms with van der Waals surface area (Å²) in [5.41, 5.74) is 0.877. The second-order valence-electron chi connectivity index (χ2n) is 3.90. The molecule has 0 amide bonds. The second kappa shape index (κ2) is 6.92. The molecule has 16 heavy (non-hydrogen) atoms. The van der Waals surface area contributed by atoms with Crippen molar-refractivity contribution in [3.05, 3.63) is 28.2 Å². The minimum absolute atomic E-state index is 0.422. The van der Waals surface area contributed by atoms with Crippen molar-refractivity contribution >= 4 is 15.9 Å². The predicted molar refractivity (Wildman–Crippen MR) is 69.8 cm³/mol. The van der Waals surface area contributed by atoms with E-state index in [0.717, 1.165) is 35.0 Å². The molecule has 90 valence electrons. The standard InChI is InChI=1S/C13H19BrO2/c1-3-4-5-6-12(15)11-8-7-10(14)9-13(11)16-2/h7-9,12,15H,3-6H2,1-2H3. The Balaban J connectivity index is 2.70. The molecule has 0 saturated heterocycles. The third-order valence-electron chi connectivity index (χ3n) is 2.64. The molecule has 1 N–H and O–H groups in total. The maximum absolute atomic E-state index is 10.1. The largest absolute Gasteiger partial charge is 0.496 e. The van der Waals surface area contributed by atoms with Crippen molar-refractivity contribution in [1.29, 1.82) is 0 Å². The first kappa shape index (κ1) is 13.5. The highest BCUT2D eigenvalue weighted by molar-refractivity contribution is 9.10. The molecule has 0 spiro atoms. The first-order chi connectivity index (χ1) is 7.69. The second-order valence-corrected chi connectivity index (χ2v) is 4.81. The third kappa shape index (κ3) is 3.80. The predicted octanol–water partition coefficient (Wildman–Crippen LogP) is 4.07. The van der Waals surface area contributed by atoms with E-state index in [0.29, 0.717) is 0 Å². The zero-order valence-corrected chi connectivity index (χ0v) is 11.5. The molecule has 1 aromatic rings. The molecule has 1 rings (SSSR count). The van der Waals surface area contributed by atoms with Gasteiger partial charge >= 0.3 is 0 Å². The summed E-state index contributed by atoms with van der Waals surface area (Å²) in [6.07, 6.45) is 3.76. The van der Waals surface area contributed by atoms with Crippen LogP contribution in [0.1, 0.15) is 44.3 Å². The van der Waals surface area contributed by atoms with Gasteiger partial charge in [-0.3, -0.25) is 0 Å². The Morgan fingerprint density at radius 2 is 2.12 bits per heavy atom. The summed E-state index contributed by atoms with van der Waals surface area (Å²) < 4.78 is 6.23. The molecule has 1 unspecified atom stereocenters. The van der Waals surface area contributed by atoms with Crippen molar-refractivity contribution in [2.24, 2.45) is 0 Å². The van der Waals surface area contributed by atoms with Gasteiger partial charge in [0.05, 0.1) is 13.2 Å². The number of unbranched alkanes of at least 4 members (excludes halogenated alkanes) is 2. The van der Waals surface area contributed by atoms with Gasteiger partial charge in [-0.05, 0) is 18.6 Å². The van der Waals surface area contributed by atoms with Gasteiger partial charge in [-0.25, -0.2) is 0 Å². The highest BCUT2D eigenvalue weighted by Gasteiger charge is 2.12. The summed E-state index contributed by atoms with van der Waals surface area (Å²) in [5.74, 6) is 0.748. The molecule has 0 aromatic heterocycles. The van der Waals surface area contributed by atoms with Crippen molar-refractivity contribution in [3.63, 3.8) is 0 Å². The van der Waals surface area contributed by atoms with Crippen molar-refractivity contribution < 1.29 is 9.84 Å². The van der Waals surface area contributed by atoms with Crippen molar-refractivity contribution in [3.8, 4) is 5.75 Å². The summed E-state index contributed by atoms with van der Waals surface area (Å²) in [4.78, 5) is 0. The van der Waals surface area contributed by atoms with Crippen LogP contribution in [0.25, 0.3) is 0 Å². The summed E-state index contributed by atoms with van der Waals surface area (Å²) in [6, 6.07) is 5.73. The first-order valence-electron chi connectivity index (χ1n) is 5.70. The molecule has 1 aromatic carbocycles. The lowest BCUT2D eigenvalue weighted by Crippen LogP contribution is -2.00. The molecular formula is C13H19BrO2. The van der Waals surface area contributed by atoms with Gasteiger partial charge in [-0.2, -0.15) is 0 Å². The number of aliphatic hydroxyl groups is 1. The van der Waals surface area contributed by atoms with E-state index >= 15 is 0 Å². The Bertz CT molecular complexity index is 326. The molecular weight excluding hydrogens is 268 g/mol. The molecule has 3 heteroatoms. The number of benzene rings is 1. The Labute approximate surface area is 106 Å². The highest BCUT2D eigenvalue weighted by Crippen LogP contribution is 2.31. The summed E-state index contributed by atoms with van der Waals surface area (Å²) in [7, 11) is 1.63. The van der Waals surface area contributed by atoms with Gasteiger partial charge < -0.3 is 9.84 Å². The van der Waals surface area contributed by atoms with Gasteiger partial charge in [-0.1, -0.05) is 48.2 Å². The van der Waals surface area contributed by atoms with Gasteiger partial charge in [0.15, 0.2) is 0 Å². The van der Waals surface area contributed by atoms with E-state index in [-0.39, 0.29) is 0 Å². The van der Waals surface area contributed by atoms with Gasteiger partial charge in [0.2, 0.25) is 0 Å². The van der Waals surface area contributed by atoms with Crippen molar-refractivity contribution in [2.75, 3.05) is 7.11 Å². The SMILES string of the molecule is CCCCCC(O)c1ccc(Br)cc1OC. The number of hydrogen-bond acceptors (Lipinski definition) is 2. The fourth-order valence-electron chi connectivity index (χ4n) is 1.70. The van der Waals surface area contributed by atoms with Crippen LogP contribution in [0.3, 0.4) is 0 Å². The first-order valence-corrected chi connectivity index (χ1v) is 6.49. The molecule has 0 fully saturated rings. The van der Waals surface area contributed by atoms with Crippen LogP contribution in [0.4, 0.5) is 0 Å². The Morgan fingerprint density at radius 1 is 1.38 bits per heavy atom. The summed E-state index contributed by atoms with van der Waals surface area (Å²) in [5, 5.41) is 10.1. The number of hydrogen-bond donors (Lipinski definition) is 1. The van der Waals surface area contributed by atoms with Crippen LogP contribution in [-0.4, -0.2) is 12.2 Å². The van der Waals surface area contributed by atoms with E-state index in [9.17, 15) is 5.11 Å². The average Bonchev–Trinajstić information content (AvgIpc) is 2.29. The molecule has 1 atom stereocenters. The molecule has 0 aliphatic rings. The number of aliphatic hydroxyl groups excluding tert-OH is 1. The lowest BCUT2D eigenvalue weighted by molar-refractivity contribution is 0.159. The molecule has 0 heterocycles. The number of methoxy groups -OCH3 is 1. The monoisotopic (exact) mass is 286 g/mol. The minimum atomic E-state index is -0.422. The van der Waals surface area contributed by atoms with Crippen LogP contribution in [-0.2, 0) is 0 Å². The number of rotatable bonds is 6. The Kier molecular flexibility index (Phi) is 5.85. The van der Waals surface area contributed by atoms with E-state index < -0.39 is 6.10 Å². The van der Waals surface area contributed by atoms with Gasteiger partial charge in [-0.15, -0.1) is 0 Å². The number of halogens is 1. The topological polar surface area (TPSA) is 29.5 Å². The van der Waals surface area contributed by atoms with Crippen LogP contribution < -0.4 is 4.74 Å². The minimum Gasteiger partial charge on any atom is -0.496 e. The van der Waals surface area contributed by atoms with Crippen LogP contribution in [0.5, 0.6) is 5.75 Å². The van der Waals surface area contributed by atoms with E-state index in [1.165, 1.54) is 6.42 Å². The third-order valence-corrected chi connectivity index (χ3v) is 3.13. The van der Waals surface area contributed by atoms with Crippen molar-refractivity contribution in [2.45, 2.75) is 38.7 Å². The van der Waals surface area contributed by atoms with Crippen molar-refractivity contribution in [1.82, 2.24) is 0 Å². The van der Waals surface area contributed by atoms with E-state index in [1.807, 2.05) is 18.2 Å². The quantitative estimate of drug-likeness (QED) is 0.799. The maximum Gasteiger partial charge on any atom is 0.125 e. The zero-order valence-electron chi connectivity index (χ0n) is 9.87. The molecule has 0 aliphatic heterocycles. The zero-order chi connectivity index (χ0) is 12.0. The van der Waals surface area contributed by atoms with Gasteiger partial charge in [0, 0.05) is 10.0 Å². The van der Waals surface area contributed by atoms with E-state index in [4.69, 9.17) is 4.74 Å².